The normalized spacial score (nSPS) is 13.9. The zero-order valence-electron chi connectivity index (χ0n) is 18.2. The topological polar surface area (TPSA) is 89.8 Å². The standard InChI is InChI=1S/C13H27NO.C9H18O3/c1-3-4-5-6-7-8-9-10-11-12-13(15)14-2;1-6(2)8(11)4-9(12)7(3)5-10/h3-12H2,1-2H3,(H,14,15);7-12H,1,4-5H2,2-3H3. The number of carbonyl (C=O) groups excluding carboxylic acids is 1. The smallest absolute Gasteiger partial charge is 0.219 e. The third kappa shape index (κ3) is 19.7. The number of hydrogen-bond acceptors (Lipinski definition) is 4. The van der Waals surface area contributed by atoms with Gasteiger partial charge in [-0.3, -0.25) is 4.79 Å². The van der Waals surface area contributed by atoms with E-state index in [1.165, 1.54) is 51.4 Å². The predicted octanol–water partition coefficient (Wildman–Crippen LogP) is 3.96. The molecule has 0 aliphatic carbocycles. The van der Waals surface area contributed by atoms with Crippen LogP contribution in [-0.2, 0) is 4.79 Å². The van der Waals surface area contributed by atoms with E-state index in [4.69, 9.17) is 5.11 Å². The van der Waals surface area contributed by atoms with Crippen molar-refractivity contribution < 1.29 is 20.1 Å². The van der Waals surface area contributed by atoms with Gasteiger partial charge in [0.15, 0.2) is 0 Å². The Bertz CT molecular complexity index is 360. The Hall–Kier alpha value is -0.910. The number of carbonyl (C=O) groups is 1. The van der Waals surface area contributed by atoms with E-state index in [-0.39, 0.29) is 24.9 Å². The minimum Gasteiger partial charge on any atom is -0.396 e. The zero-order chi connectivity index (χ0) is 21.1. The first kappa shape index (κ1) is 28.3. The maximum atomic E-state index is 10.9. The van der Waals surface area contributed by atoms with Crippen LogP contribution in [0.1, 0.15) is 91.4 Å². The van der Waals surface area contributed by atoms with Gasteiger partial charge in [0.05, 0.1) is 12.2 Å². The second-order valence-electron chi connectivity index (χ2n) is 7.58. The molecule has 0 rings (SSSR count). The average molecular weight is 388 g/mol. The fraction of sp³-hybridized carbons (Fsp3) is 0.864. The third-order valence-electron chi connectivity index (χ3n) is 4.76. The molecular weight excluding hydrogens is 342 g/mol. The first-order valence-electron chi connectivity index (χ1n) is 10.6. The number of amides is 1. The summed E-state index contributed by atoms with van der Waals surface area (Å²) in [6, 6.07) is 0. The summed E-state index contributed by atoms with van der Waals surface area (Å²) in [5.74, 6) is -0.0167. The van der Waals surface area contributed by atoms with Crippen molar-refractivity contribution in [1.29, 1.82) is 0 Å². The number of aliphatic hydroxyl groups is 3. The van der Waals surface area contributed by atoms with Crippen LogP contribution in [0.4, 0.5) is 0 Å². The van der Waals surface area contributed by atoms with Crippen molar-refractivity contribution >= 4 is 5.91 Å². The Balaban J connectivity index is 0. The number of rotatable bonds is 15. The first-order valence-corrected chi connectivity index (χ1v) is 10.6. The lowest BCUT2D eigenvalue weighted by molar-refractivity contribution is -0.120. The number of hydrogen-bond donors (Lipinski definition) is 4. The van der Waals surface area contributed by atoms with Crippen LogP contribution in [0.3, 0.4) is 0 Å². The monoisotopic (exact) mass is 387 g/mol. The summed E-state index contributed by atoms with van der Waals surface area (Å²) in [6.07, 6.45) is 11.4. The van der Waals surface area contributed by atoms with Gasteiger partial charge < -0.3 is 20.6 Å². The molecule has 4 N–H and O–H groups in total. The molecule has 1 amide bonds. The third-order valence-corrected chi connectivity index (χ3v) is 4.76. The molecule has 0 radical (unpaired) electrons. The molecule has 0 aliphatic heterocycles. The van der Waals surface area contributed by atoms with Crippen LogP contribution >= 0.6 is 0 Å². The molecule has 27 heavy (non-hydrogen) atoms. The largest absolute Gasteiger partial charge is 0.396 e. The van der Waals surface area contributed by atoms with Crippen molar-refractivity contribution in [2.24, 2.45) is 5.92 Å². The molecule has 0 saturated heterocycles. The van der Waals surface area contributed by atoms with E-state index < -0.39 is 12.2 Å². The Labute approximate surface area is 167 Å². The van der Waals surface area contributed by atoms with Gasteiger partial charge in [0, 0.05) is 32.4 Å². The van der Waals surface area contributed by atoms with Gasteiger partial charge in [-0.05, 0) is 13.3 Å². The highest BCUT2D eigenvalue weighted by atomic mass is 16.3. The van der Waals surface area contributed by atoms with Gasteiger partial charge in [-0.25, -0.2) is 0 Å². The summed E-state index contributed by atoms with van der Waals surface area (Å²) >= 11 is 0. The van der Waals surface area contributed by atoms with Crippen LogP contribution in [0.2, 0.25) is 0 Å². The highest BCUT2D eigenvalue weighted by Crippen LogP contribution is 2.12. The lowest BCUT2D eigenvalue weighted by Crippen LogP contribution is -2.26. The molecule has 0 fully saturated rings. The Morgan fingerprint density at radius 1 is 1.00 bits per heavy atom. The van der Waals surface area contributed by atoms with E-state index in [0.717, 1.165) is 6.42 Å². The van der Waals surface area contributed by atoms with Crippen LogP contribution < -0.4 is 5.32 Å². The molecule has 162 valence electrons. The summed E-state index contributed by atoms with van der Waals surface area (Å²) in [5.41, 5.74) is 0.638. The molecule has 0 spiro atoms. The maximum absolute atomic E-state index is 10.9. The van der Waals surface area contributed by atoms with E-state index in [0.29, 0.717) is 12.0 Å². The molecule has 0 heterocycles. The average Bonchev–Trinajstić information content (AvgIpc) is 2.65. The van der Waals surface area contributed by atoms with Gasteiger partial charge in [-0.1, -0.05) is 77.4 Å². The summed E-state index contributed by atoms with van der Waals surface area (Å²) in [4.78, 5) is 10.9. The van der Waals surface area contributed by atoms with E-state index in [9.17, 15) is 15.0 Å². The van der Waals surface area contributed by atoms with Crippen LogP contribution in [0.15, 0.2) is 12.2 Å². The molecule has 3 atom stereocenters. The van der Waals surface area contributed by atoms with E-state index in [2.05, 4.69) is 18.8 Å². The molecular formula is C22H45NO4. The number of unbranched alkanes of at least 4 members (excludes halogenated alkanes) is 8. The molecule has 0 aliphatic rings. The summed E-state index contributed by atoms with van der Waals surface area (Å²) < 4.78 is 0. The van der Waals surface area contributed by atoms with Crippen molar-refractivity contribution in [3.05, 3.63) is 12.2 Å². The van der Waals surface area contributed by atoms with Crippen molar-refractivity contribution in [3.8, 4) is 0 Å². The second-order valence-corrected chi connectivity index (χ2v) is 7.58. The summed E-state index contributed by atoms with van der Waals surface area (Å²) in [5, 5.41) is 30.0. The predicted molar refractivity (Wildman–Crippen MR) is 114 cm³/mol. The zero-order valence-corrected chi connectivity index (χ0v) is 18.2. The highest BCUT2D eigenvalue weighted by Gasteiger charge is 2.17. The Kier molecular flexibility index (Phi) is 20.8. The first-order chi connectivity index (χ1) is 12.8. The lowest BCUT2D eigenvalue weighted by atomic mass is 9.97. The quantitative estimate of drug-likeness (QED) is 0.253. The minimum absolute atomic E-state index is 0.0654. The number of nitrogens with one attached hydrogen (secondary N) is 1. The van der Waals surface area contributed by atoms with Gasteiger partial charge in [-0.2, -0.15) is 0 Å². The SMILES string of the molecule is C=C(C)C(O)CC(O)C(C)CO.CCCCCCCCCCCC(=O)NC. The van der Waals surface area contributed by atoms with Crippen LogP contribution in [0.25, 0.3) is 0 Å². The molecule has 0 aromatic heterocycles. The fourth-order valence-electron chi connectivity index (χ4n) is 2.51. The van der Waals surface area contributed by atoms with Crippen molar-refractivity contribution in [2.75, 3.05) is 13.7 Å². The van der Waals surface area contributed by atoms with Crippen LogP contribution in [0, 0.1) is 5.92 Å². The number of aliphatic hydroxyl groups excluding tert-OH is 3. The fourth-order valence-corrected chi connectivity index (χ4v) is 2.51. The van der Waals surface area contributed by atoms with Gasteiger partial charge in [0.1, 0.15) is 0 Å². The second kappa shape index (κ2) is 19.8. The van der Waals surface area contributed by atoms with E-state index in [1.807, 2.05) is 0 Å². The maximum Gasteiger partial charge on any atom is 0.219 e. The van der Waals surface area contributed by atoms with Crippen molar-refractivity contribution in [1.82, 2.24) is 5.32 Å². The molecule has 0 aromatic rings. The van der Waals surface area contributed by atoms with Crippen molar-refractivity contribution in [3.63, 3.8) is 0 Å². The Morgan fingerprint density at radius 2 is 1.48 bits per heavy atom. The van der Waals surface area contributed by atoms with Crippen LogP contribution in [-0.4, -0.2) is 47.1 Å². The minimum atomic E-state index is -0.672. The molecule has 5 nitrogen and oxygen atoms in total. The highest BCUT2D eigenvalue weighted by molar-refractivity contribution is 5.75. The summed E-state index contributed by atoms with van der Waals surface area (Å²) in [6.45, 7) is 9.19. The molecule has 0 saturated carbocycles. The van der Waals surface area contributed by atoms with Gasteiger partial charge in [-0.15, -0.1) is 0 Å². The molecule has 0 aromatic carbocycles. The summed E-state index contributed by atoms with van der Waals surface area (Å²) in [7, 11) is 1.70. The van der Waals surface area contributed by atoms with E-state index in [1.54, 1.807) is 20.9 Å². The van der Waals surface area contributed by atoms with Gasteiger partial charge in [0.2, 0.25) is 5.91 Å². The van der Waals surface area contributed by atoms with Gasteiger partial charge >= 0.3 is 0 Å². The van der Waals surface area contributed by atoms with E-state index >= 15 is 0 Å². The van der Waals surface area contributed by atoms with Gasteiger partial charge in [0.25, 0.3) is 0 Å². The molecule has 0 bridgehead atoms. The lowest BCUT2D eigenvalue weighted by Gasteiger charge is -2.19. The molecule has 5 heteroatoms. The van der Waals surface area contributed by atoms with Crippen LogP contribution in [0.5, 0.6) is 0 Å². The van der Waals surface area contributed by atoms with Crippen molar-refractivity contribution in [2.45, 2.75) is 104 Å². The molecule has 3 unspecified atom stereocenters. The Morgan fingerprint density at radius 3 is 1.89 bits per heavy atom.